The first kappa shape index (κ1) is 13.0. The zero-order valence-corrected chi connectivity index (χ0v) is 11.2. The summed E-state index contributed by atoms with van der Waals surface area (Å²) in [7, 11) is -2.98. The van der Waals surface area contributed by atoms with Crippen LogP contribution < -0.4 is 0 Å². The van der Waals surface area contributed by atoms with E-state index in [1.807, 2.05) is 27.7 Å². The van der Waals surface area contributed by atoms with Crippen molar-refractivity contribution in [1.82, 2.24) is 0 Å². The first-order valence-electron chi connectivity index (χ1n) is 6.00. The molecule has 2 nitrogen and oxygen atoms in total. The molecule has 0 bridgehead atoms. The molecule has 1 atom stereocenters. The van der Waals surface area contributed by atoms with E-state index >= 15 is 0 Å². The second-order valence-electron chi connectivity index (χ2n) is 5.76. The predicted octanol–water partition coefficient (Wildman–Crippen LogP) is 3.17. The van der Waals surface area contributed by atoms with Gasteiger partial charge in [-0.3, -0.25) is 0 Å². The van der Waals surface area contributed by atoms with Gasteiger partial charge in [-0.25, -0.2) is 8.42 Å². The second-order valence-corrected chi connectivity index (χ2v) is 8.82. The van der Waals surface area contributed by atoms with E-state index in [9.17, 15) is 8.42 Å². The van der Waals surface area contributed by atoms with Gasteiger partial charge in [0.15, 0.2) is 9.84 Å². The van der Waals surface area contributed by atoms with Gasteiger partial charge in [0.1, 0.15) is 0 Å². The molecule has 1 aliphatic rings. The van der Waals surface area contributed by atoms with Crippen molar-refractivity contribution in [3.8, 4) is 0 Å². The Hall–Kier alpha value is -0.0500. The summed E-state index contributed by atoms with van der Waals surface area (Å²) < 4.78 is 23.9. The lowest BCUT2D eigenvalue weighted by Gasteiger charge is -2.32. The summed E-state index contributed by atoms with van der Waals surface area (Å²) in [6, 6.07) is 0. The Morgan fingerprint density at radius 2 is 1.53 bits per heavy atom. The van der Waals surface area contributed by atoms with Gasteiger partial charge in [0.05, 0.1) is 10.00 Å². The Morgan fingerprint density at radius 1 is 1.07 bits per heavy atom. The van der Waals surface area contributed by atoms with Crippen LogP contribution in [-0.4, -0.2) is 18.4 Å². The molecule has 0 aromatic carbocycles. The molecule has 1 unspecified atom stereocenters. The predicted molar refractivity (Wildman–Crippen MR) is 64.7 cm³/mol. The van der Waals surface area contributed by atoms with Gasteiger partial charge in [0.25, 0.3) is 0 Å². The van der Waals surface area contributed by atoms with E-state index in [-0.39, 0.29) is 5.25 Å². The molecule has 0 saturated heterocycles. The van der Waals surface area contributed by atoms with Crippen LogP contribution in [0.2, 0.25) is 0 Å². The zero-order chi connectivity index (χ0) is 11.7. The SMILES string of the molecule is CC(C1CCCCC1)S(=O)(=O)C(C)(C)C. The largest absolute Gasteiger partial charge is 0.228 e. The summed E-state index contributed by atoms with van der Waals surface area (Å²) >= 11 is 0. The van der Waals surface area contributed by atoms with E-state index in [1.165, 1.54) is 19.3 Å². The van der Waals surface area contributed by atoms with Crippen molar-refractivity contribution in [3.63, 3.8) is 0 Å². The smallest absolute Gasteiger partial charge is 0.158 e. The summed E-state index contributed by atoms with van der Waals surface area (Å²) in [6.45, 7) is 7.32. The van der Waals surface area contributed by atoms with Gasteiger partial charge in [0, 0.05) is 0 Å². The van der Waals surface area contributed by atoms with Crippen LogP contribution in [0.4, 0.5) is 0 Å². The Balaban J connectivity index is 2.79. The molecule has 1 rings (SSSR count). The first-order chi connectivity index (χ1) is 6.77. The minimum Gasteiger partial charge on any atom is -0.228 e. The average Bonchev–Trinajstić information content (AvgIpc) is 2.16. The van der Waals surface area contributed by atoms with Crippen LogP contribution in [0.15, 0.2) is 0 Å². The van der Waals surface area contributed by atoms with Crippen molar-refractivity contribution in [1.29, 1.82) is 0 Å². The Morgan fingerprint density at radius 3 is 1.93 bits per heavy atom. The maximum atomic E-state index is 12.3. The molecule has 90 valence electrons. The van der Waals surface area contributed by atoms with Gasteiger partial charge >= 0.3 is 0 Å². The molecule has 1 aliphatic carbocycles. The second kappa shape index (κ2) is 4.44. The monoisotopic (exact) mass is 232 g/mol. The van der Waals surface area contributed by atoms with Gasteiger partial charge in [-0.05, 0) is 46.5 Å². The van der Waals surface area contributed by atoms with E-state index in [4.69, 9.17) is 0 Å². The minimum absolute atomic E-state index is 0.169. The Kier molecular flexibility index (Phi) is 3.85. The van der Waals surface area contributed by atoms with Crippen LogP contribution >= 0.6 is 0 Å². The highest BCUT2D eigenvalue weighted by Crippen LogP contribution is 2.33. The van der Waals surface area contributed by atoms with Gasteiger partial charge < -0.3 is 0 Å². The van der Waals surface area contributed by atoms with Crippen LogP contribution in [0.5, 0.6) is 0 Å². The maximum absolute atomic E-state index is 12.3. The van der Waals surface area contributed by atoms with Crippen molar-refractivity contribution in [2.24, 2.45) is 5.92 Å². The average molecular weight is 232 g/mol. The molecule has 0 amide bonds. The summed E-state index contributed by atoms with van der Waals surface area (Å²) in [6.07, 6.45) is 5.87. The van der Waals surface area contributed by atoms with Crippen LogP contribution in [0.25, 0.3) is 0 Å². The van der Waals surface area contributed by atoms with Crippen molar-refractivity contribution in [3.05, 3.63) is 0 Å². The van der Waals surface area contributed by atoms with E-state index in [0.29, 0.717) is 5.92 Å². The molecule has 0 radical (unpaired) electrons. The molecule has 3 heteroatoms. The third kappa shape index (κ3) is 2.74. The van der Waals surface area contributed by atoms with E-state index in [0.717, 1.165) is 12.8 Å². The topological polar surface area (TPSA) is 34.1 Å². The number of rotatable bonds is 2. The van der Waals surface area contributed by atoms with E-state index in [2.05, 4.69) is 0 Å². The number of hydrogen-bond donors (Lipinski definition) is 0. The highest BCUT2D eigenvalue weighted by molar-refractivity contribution is 7.93. The van der Waals surface area contributed by atoms with Gasteiger partial charge in [-0.2, -0.15) is 0 Å². The minimum atomic E-state index is -2.98. The molecule has 15 heavy (non-hydrogen) atoms. The molecular weight excluding hydrogens is 208 g/mol. The number of sulfone groups is 1. The van der Waals surface area contributed by atoms with E-state index < -0.39 is 14.6 Å². The lowest BCUT2D eigenvalue weighted by molar-refractivity contribution is 0.345. The van der Waals surface area contributed by atoms with Gasteiger partial charge in [-0.1, -0.05) is 19.3 Å². The maximum Gasteiger partial charge on any atom is 0.158 e. The zero-order valence-electron chi connectivity index (χ0n) is 10.4. The fourth-order valence-electron chi connectivity index (χ4n) is 2.41. The molecular formula is C12H24O2S. The molecule has 0 heterocycles. The van der Waals surface area contributed by atoms with Crippen molar-refractivity contribution >= 4 is 9.84 Å². The number of hydrogen-bond acceptors (Lipinski definition) is 2. The molecule has 1 saturated carbocycles. The summed E-state index contributed by atoms with van der Waals surface area (Å²) in [5, 5.41) is -0.169. The van der Waals surface area contributed by atoms with Crippen LogP contribution in [0, 0.1) is 5.92 Å². The Labute approximate surface area is 94.4 Å². The summed E-state index contributed by atoms with van der Waals surface area (Å²) in [5.74, 6) is 0.392. The molecule has 0 spiro atoms. The van der Waals surface area contributed by atoms with E-state index in [1.54, 1.807) is 0 Å². The normalized spacial score (nSPS) is 22.7. The van der Waals surface area contributed by atoms with Crippen molar-refractivity contribution in [2.75, 3.05) is 0 Å². The molecule has 1 fully saturated rings. The van der Waals surface area contributed by atoms with Gasteiger partial charge in [-0.15, -0.1) is 0 Å². The molecule has 0 aromatic rings. The highest BCUT2D eigenvalue weighted by atomic mass is 32.2. The molecule has 0 aliphatic heterocycles. The van der Waals surface area contributed by atoms with Gasteiger partial charge in [0.2, 0.25) is 0 Å². The molecule has 0 N–H and O–H groups in total. The Bertz CT molecular complexity index is 292. The summed E-state index contributed by atoms with van der Waals surface area (Å²) in [5.41, 5.74) is 0. The lowest BCUT2D eigenvalue weighted by Crippen LogP contribution is -2.40. The quantitative estimate of drug-likeness (QED) is 0.733. The third-order valence-corrected chi connectivity index (χ3v) is 6.73. The van der Waals surface area contributed by atoms with Crippen molar-refractivity contribution in [2.45, 2.75) is 69.8 Å². The van der Waals surface area contributed by atoms with Crippen molar-refractivity contribution < 1.29 is 8.42 Å². The van der Waals surface area contributed by atoms with Crippen LogP contribution in [0.1, 0.15) is 59.8 Å². The molecule has 0 aromatic heterocycles. The fraction of sp³-hybridized carbons (Fsp3) is 1.00. The fourth-order valence-corrected chi connectivity index (χ4v) is 4.31. The lowest BCUT2D eigenvalue weighted by atomic mass is 9.87. The standard InChI is InChI=1S/C12H24O2S/c1-10(11-8-6-5-7-9-11)15(13,14)12(2,3)4/h10-11H,5-9H2,1-4H3. The van der Waals surface area contributed by atoms with Crippen LogP contribution in [-0.2, 0) is 9.84 Å². The highest BCUT2D eigenvalue weighted by Gasteiger charge is 2.38. The summed E-state index contributed by atoms with van der Waals surface area (Å²) in [4.78, 5) is 0. The first-order valence-corrected chi connectivity index (χ1v) is 7.55. The third-order valence-electron chi connectivity index (χ3n) is 3.66. The van der Waals surface area contributed by atoms with Crippen LogP contribution in [0.3, 0.4) is 0 Å².